The minimum Gasteiger partial charge on any atom is -0.870 e. The first-order valence-electron chi connectivity index (χ1n) is 20.2. The van der Waals surface area contributed by atoms with Gasteiger partial charge >= 0.3 is 41.5 Å². The van der Waals surface area contributed by atoms with Crippen molar-refractivity contribution in [3.05, 3.63) is 166 Å². The molecule has 6 aromatic carbocycles. The number of carbonyl (C=O) groups excluding carboxylic acids is 1. The summed E-state index contributed by atoms with van der Waals surface area (Å²) in [6.45, 7) is 4.08. The van der Waals surface area contributed by atoms with Crippen molar-refractivity contribution in [2.24, 2.45) is 0 Å². The molecule has 12 nitrogen and oxygen atoms in total. The molecule has 0 amide bonds. The van der Waals surface area contributed by atoms with E-state index in [4.69, 9.17) is 51.6 Å². The predicted molar refractivity (Wildman–Crippen MR) is 246 cm³/mol. The first-order chi connectivity index (χ1) is 30.7. The van der Waals surface area contributed by atoms with Crippen LogP contribution in [-0.4, -0.2) is 52.2 Å². The van der Waals surface area contributed by atoms with E-state index in [2.05, 4.69) is 17.2 Å². The molecule has 2 aromatic heterocycles. The first kappa shape index (κ1) is 51.9. The Morgan fingerprint density at radius 2 is 0.969 bits per heavy atom. The maximum atomic E-state index is 12.5. The second-order valence-electron chi connectivity index (χ2n) is 14.1. The number of rotatable bonds is 14. The van der Waals surface area contributed by atoms with Crippen LogP contribution in [0.4, 0.5) is 0 Å². The number of aliphatic hydroxyl groups is 1. The molecule has 2 heterocycles. The number of nitrogens with zero attached hydrogens (tertiary/aromatic N) is 2. The SMILES string of the molecule is CCCc1c(OC(C(=O)O)c2ccccc2)c(Cl)cc2c(-c3ccccc3)noc12.CCCc1c(OC(C(=O)OC)c2ccccc2)c(Cl)cc2c(-c3ccccc3)noc12.CO.[Na+].[OH-]. The number of aromatic nitrogens is 2. The minimum atomic E-state index is -1.19. The topological polar surface area (TPSA) is 184 Å². The van der Waals surface area contributed by atoms with Gasteiger partial charge in [-0.2, -0.15) is 0 Å². The summed E-state index contributed by atoms with van der Waals surface area (Å²) in [6, 6.07) is 41.0. The van der Waals surface area contributed by atoms with E-state index in [0.717, 1.165) is 53.0 Å². The van der Waals surface area contributed by atoms with Crippen LogP contribution in [0, 0.1) is 0 Å². The van der Waals surface area contributed by atoms with Gasteiger partial charge < -0.3 is 38.9 Å². The van der Waals surface area contributed by atoms with Crippen LogP contribution < -0.4 is 39.0 Å². The van der Waals surface area contributed by atoms with Crippen LogP contribution in [0.5, 0.6) is 11.5 Å². The third-order valence-electron chi connectivity index (χ3n) is 9.94. The number of hydrogen-bond acceptors (Lipinski definition) is 11. The average molecular weight is 930 g/mol. The number of carboxylic acid groups (broad SMARTS) is 1. The summed E-state index contributed by atoms with van der Waals surface area (Å²) in [5, 5.41) is 27.6. The molecule has 8 aromatic rings. The molecule has 0 aliphatic carbocycles. The zero-order chi connectivity index (χ0) is 44.9. The second kappa shape index (κ2) is 25.1. The van der Waals surface area contributed by atoms with Crippen molar-refractivity contribution >= 4 is 57.1 Å². The number of carbonyl (C=O) groups is 2. The van der Waals surface area contributed by atoms with Gasteiger partial charge in [0.05, 0.1) is 27.9 Å². The van der Waals surface area contributed by atoms with Crippen LogP contribution >= 0.6 is 23.2 Å². The van der Waals surface area contributed by atoms with E-state index in [9.17, 15) is 14.7 Å². The Morgan fingerprint density at radius 3 is 1.32 bits per heavy atom. The van der Waals surface area contributed by atoms with Crippen LogP contribution in [-0.2, 0) is 27.2 Å². The van der Waals surface area contributed by atoms with Crippen molar-refractivity contribution in [1.82, 2.24) is 10.3 Å². The Balaban J connectivity index is 0.000000266. The zero-order valence-electron chi connectivity index (χ0n) is 36.5. The van der Waals surface area contributed by atoms with E-state index in [1.54, 1.807) is 36.4 Å². The smallest absolute Gasteiger partial charge is 0.870 e. The maximum absolute atomic E-state index is 12.5. The van der Waals surface area contributed by atoms with Gasteiger partial charge in [0.25, 0.3) is 0 Å². The van der Waals surface area contributed by atoms with Crippen molar-refractivity contribution in [3.8, 4) is 34.0 Å². The van der Waals surface area contributed by atoms with Crippen LogP contribution in [0.25, 0.3) is 44.5 Å². The quantitative estimate of drug-likeness (QED) is 0.0780. The number of benzene rings is 6. The van der Waals surface area contributed by atoms with Gasteiger partial charge in [-0.15, -0.1) is 0 Å². The Hall–Kier alpha value is -5.70. The number of hydrogen-bond donors (Lipinski definition) is 2. The molecule has 65 heavy (non-hydrogen) atoms. The molecule has 0 spiro atoms. The van der Waals surface area contributed by atoms with Crippen molar-refractivity contribution < 1.29 is 78.1 Å². The number of ether oxygens (including phenoxy) is 3. The summed E-state index contributed by atoms with van der Waals surface area (Å²) in [7, 11) is 2.34. The Kier molecular flexibility index (Phi) is 20.1. The Morgan fingerprint density at radius 1 is 0.615 bits per heavy atom. The molecule has 0 saturated heterocycles. The number of halogens is 2. The van der Waals surface area contributed by atoms with E-state index in [1.165, 1.54) is 7.11 Å². The molecule has 0 aliphatic heterocycles. The number of fused-ring (bicyclic) bond motifs is 2. The fourth-order valence-electron chi connectivity index (χ4n) is 7.11. The molecular formula is C50H47Cl2N2NaO10. The Labute approximate surface area is 408 Å². The molecule has 0 fully saturated rings. The predicted octanol–water partition coefficient (Wildman–Crippen LogP) is 9.13. The molecule has 8 rings (SSSR count). The molecule has 0 bridgehead atoms. The molecule has 0 radical (unpaired) electrons. The van der Waals surface area contributed by atoms with E-state index in [-0.39, 0.29) is 35.0 Å². The van der Waals surface area contributed by atoms with Gasteiger partial charge in [0.2, 0.25) is 12.2 Å². The fraction of sp³-hybridized carbons (Fsp3) is 0.200. The van der Waals surface area contributed by atoms with Crippen LogP contribution in [0.1, 0.15) is 61.2 Å². The molecule has 3 N–H and O–H groups in total. The number of methoxy groups -OCH3 is 1. The van der Waals surface area contributed by atoms with Crippen molar-refractivity contribution in [1.29, 1.82) is 0 Å². The fourth-order valence-corrected chi connectivity index (χ4v) is 7.64. The molecule has 15 heteroatoms. The zero-order valence-corrected chi connectivity index (χ0v) is 40.0. The Bertz CT molecular complexity index is 2750. The summed E-state index contributed by atoms with van der Waals surface area (Å²) in [6.07, 6.45) is 0.758. The van der Waals surface area contributed by atoms with Crippen LogP contribution in [0.3, 0.4) is 0 Å². The monoisotopic (exact) mass is 928 g/mol. The van der Waals surface area contributed by atoms with Crippen molar-refractivity contribution in [2.45, 2.75) is 51.7 Å². The van der Waals surface area contributed by atoms with Gasteiger partial charge in [0.1, 0.15) is 22.9 Å². The molecule has 332 valence electrons. The van der Waals surface area contributed by atoms with Gasteiger partial charge in [-0.1, -0.05) is 182 Å². The third kappa shape index (κ3) is 12.0. The summed E-state index contributed by atoms with van der Waals surface area (Å²) >= 11 is 13.3. The summed E-state index contributed by atoms with van der Waals surface area (Å²) < 4.78 is 28.6. The average Bonchev–Trinajstić information content (AvgIpc) is 3.95. The number of carboxylic acids is 1. The van der Waals surface area contributed by atoms with Crippen LogP contribution in [0.15, 0.2) is 143 Å². The van der Waals surface area contributed by atoms with Gasteiger partial charge in [-0.25, -0.2) is 9.59 Å². The summed E-state index contributed by atoms with van der Waals surface area (Å²) in [5.74, 6) is -0.876. The number of esters is 1. The van der Waals surface area contributed by atoms with Crippen LogP contribution in [0.2, 0.25) is 10.0 Å². The first-order valence-corrected chi connectivity index (χ1v) is 21.0. The van der Waals surface area contributed by atoms with E-state index in [1.807, 2.05) is 104 Å². The molecule has 2 atom stereocenters. The third-order valence-corrected chi connectivity index (χ3v) is 10.5. The number of aliphatic carboxylic acids is 1. The van der Waals surface area contributed by atoms with Gasteiger partial charge in [-0.3, -0.25) is 0 Å². The standard InChI is InChI=1S/C25H22ClNO4.C24H20ClNO4.CH4O.Na.H2O/c1-3-10-18-23-19(21(27-31-23)16-11-6-4-7-12-16)15-20(26)24(18)30-22(25(28)29-2)17-13-8-5-9-14-17;1-2-9-17-22-18(20(26-30-22)15-10-5-3-6-11-15)14-19(25)23(17)29-21(24(27)28)16-12-7-4-8-13-16;1-2;;/h4-9,11-15,22H,3,10H2,1-2H3;3-8,10-14,21H,2,9H2,1H3,(H,27,28);2H,1H3;;1H2/q;;;+1;/p-1. The number of aliphatic hydroxyl groups excluding tert-OH is 1. The maximum Gasteiger partial charge on any atom is 1.00 e. The minimum absolute atomic E-state index is 0. The molecular weight excluding hydrogens is 882 g/mol. The van der Waals surface area contributed by atoms with E-state index < -0.39 is 24.1 Å². The van der Waals surface area contributed by atoms with Crippen molar-refractivity contribution in [2.75, 3.05) is 14.2 Å². The largest absolute Gasteiger partial charge is 1.00 e. The van der Waals surface area contributed by atoms with Gasteiger partial charge in [0.15, 0.2) is 11.2 Å². The van der Waals surface area contributed by atoms with E-state index >= 15 is 0 Å². The molecule has 0 saturated carbocycles. The molecule has 2 unspecified atom stereocenters. The van der Waals surface area contributed by atoms with Crippen molar-refractivity contribution in [3.63, 3.8) is 0 Å². The summed E-state index contributed by atoms with van der Waals surface area (Å²) in [5.41, 5.74) is 7.14. The van der Waals surface area contributed by atoms with Gasteiger partial charge in [-0.05, 0) is 25.0 Å². The van der Waals surface area contributed by atoms with Gasteiger partial charge in [0, 0.05) is 40.5 Å². The second-order valence-corrected chi connectivity index (χ2v) is 14.9. The molecule has 0 aliphatic rings. The number of aryl methyl sites for hydroxylation is 2. The normalized spacial score (nSPS) is 11.4. The summed E-state index contributed by atoms with van der Waals surface area (Å²) in [4.78, 5) is 24.5. The van der Waals surface area contributed by atoms with E-state index in [0.29, 0.717) is 68.1 Å².